The van der Waals surface area contributed by atoms with E-state index in [0.717, 1.165) is 4.31 Å². The molecule has 6 nitrogen and oxygen atoms in total. The number of rotatable bonds is 6. The molecule has 1 aromatic carbocycles. The number of hydrogen-bond acceptors (Lipinski definition) is 5. The Morgan fingerprint density at radius 1 is 1.29 bits per heavy atom. The average Bonchev–Trinajstić information content (AvgIpc) is 2.46. The van der Waals surface area contributed by atoms with E-state index in [9.17, 15) is 18.0 Å². The number of esters is 1. The van der Waals surface area contributed by atoms with Crippen LogP contribution < -0.4 is 0 Å². The number of sulfonamides is 1. The SMILES string of the molecule is CCOC(=O)C(C)(C=O)c1ccc(S(=O)(=O)N(C)C)cc1. The third-order valence-electron chi connectivity index (χ3n) is 3.17. The molecule has 0 aliphatic heterocycles. The van der Waals surface area contributed by atoms with Crippen LogP contribution in [0.3, 0.4) is 0 Å². The molecule has 21 heavy (non-hydrogen) atoms. The van der Waals surface area contributed by atoms with Crippen LogP contribution in [0.2, 0.25) is 0 Å². The van der Waals surface area contributed by atoms with Gasteiger partial charge in [-0.15, -0.1) is 0 Å². The minimum atomic E-state index is -3.55. The summed E-state index contributed by atoms with van der Waals surface area (Å²) in [6.45, 7) is 3.25. The summed E-state index contributed by atoms with van der Waals surface area (Å²) in [6.07, 6.45) is 0.500. The third kappa shape index (κ3) is 3.30. The van der Waals surface area contributed by atoms with Gasteiger partial charge in [0.25, 0.3) is 0 Å². The van der Waals surface area contributed by atoms with Crippen LogP contribution in [-0.2, 0) is 29.8 Å². The first-order valence-corrected chi connectivity index (χ1v) is 7.80. The molecule has 0 radical (unpaired) electrons. The molecular formula is C14H19NO5S. The molecule has 1 rings (SSSR count). The Morgan fingerprint density at radius 3 is 2.19 bits per heavy atom. The highest BCUT2D eigenvalue weighted by Crippen LogP contribution is 2.25. The van der Waals surface area contributed by atoms with Gasteiger partial charge in [-0.2, -0.15) is 0 Å². The fraction of sp³-hybridized carbons (Fsp3) is 0.429. The molecule has 0 bridgehead atoms. The highest BCUT2D eigenvalue weighted by molar-refractivity contribution is 7.89. The molecule has 0 aliphatic rings. The molecule has 0 saturated heterocycles. The summed E-state index contributed by atoms with van der Waals surface area (Å²) in [5.41, 5.74) is -1.06. The molecule has 7 heteroatoms. The highest BCUT2D eigenvalue weighted by Gasteiger charge is 2.36. The van der Waals surface area contributed by atoms with Crippen LogP contribution in [0.15, 0.2) is 29.2 Å². The van der Waals surface area contributed by atoms with Gasteiger partial charge < -0.3 is 9.53 Å². The van der Waals surface area contributed by atoms with Gasteiger partial charge in [-0.3, -0.25) is 4.79 Å². The number of carbonyl (C=O) groups excluding carboxylic acids is 2. The summed E-state index contributed by atoms with van der Waals surface area (Å²) in [7, 11) is -0.692. The standard InChI is InChI=1S/C14H19NO5S/c1-5-20-13(17)14(2,10-16)11-6-8-12(9-7-11)21(18,19)15(3)4/h6-10H,5H2,1-4H3. The van der Waals surface area contributed by atoms with Crippen LogP contribution in [-0.4, -0.2) is 45.7 Å². The van der Waals surface area contributed by atoms with E-state index in [1.807, 2.05) is 0 Å². The quantitative estimate of drug-likeness (QED) is 0.444. The molecule has 1 unspecified atom stereocenters. The van der Waals surface area contributed by atoms with Crippen molar-refractivity contribution in [2.24, 2.45) is 0 Å². The summed E-state index contributed by atoms with van der Waals surface area (Å²) >= 11 is 0. The average molecular weight is 313 g/mol. The van der Waals surface area contributed by atoms with E-state index in [-0.39, 0.29) is 11.5 Å². The predicted octanol–water partition coefficient (Wildman–Crippen LogP) is 0.957. The normalized spacial score (nSPS) is 14.5. The maximum Gasteiger partial charge on any atom is 0.323 e. The molecule has 1 atom stereocenters. The van der Waals surface area contributed by atoms with E-state index in [0.29, 0.717) is 11.8 Å². The van der Waals surface area contributed by atoms with Gasteiger partial charge >= 0.3 is 5.97 Å². The fourth-order valence-corrected chi connectivity index (χ4v) is 2.60. The van der Waals surface area contributed by atoms with Crippen LogP contribution >= 0.6 is 0 Å². The first-order valence-electron chi connectivity index (χ1n) is 6.36. The number of benzene rings is 1. The molecule has 1 aromatic rings. The van der Waals surface area contributed by atoms with Crippen molar-refractivity contribution in [3.8, 4) is 0 Å². The van der Waals surface area contributed by atoms with Crippen LogP contribution in [0.5, 0.6) is 0 Å². The predicted molar refractivity (Wildman–Crippen MR) is 77.4 cm³/mol. The number of carbonyl (C=O) groups is 2. The summed E-state index contributed by atoms with van der Waals surface area (Å²) in [5, 5.41) is 0. The van der Waals surface area contributed by atoms with Crippen molar-refractivity contribution in [1.82, 2.24) is 4.31 Å². The maximum absolute atomic E-state index is 12.0. The van der Waals surface area contributed by atoms with Crippen molar-refractivity contribution in [1.29, 1.82) is 0 Å². The molecule has 0 heterocycles. The number of hydrogen-bond donors (Lipinski definition) is 0. The van der Waals surface area contributed by atoms with Gasteiger partial charge in [-0.05, 0) is 31.5 Å². The molecule has 0 fully saturated rings. The van der Waals surface area contributed by atoms with Crippen molar-refractivity contribution in [3.05, 3.63) is 29.8 Å². The van der Waals surface area contributed by atoms with Crippen LogP contribution in [0, 0.1) is 0 Å². The Bertz CT molecular complexity index is 621. The van der Waals surface area contributed by atoms with Gasteiger partial charge in [-0.1, -0.05) is 12.1 Å². The first kappa shape index (κ1) is 17.3. The van der Waals surface area contributed by atoms with E-state index in [1.165, 1.54) is 45.3 Å². The second-order valence-corrected chi connectivity index (χ2v) is 7.00. The Labute approximate surface area is 124 Å². The lowest BCUT2D eigenvalue weighted by molar-refractivity contribution is -0.150. The van der Waals surface area contributed by atoms with Crippen LogP contribution in [0.4, 0.5) is 0 Å². The van der Waals surface area contributed by atoms with Crippen molar-refractivity contribution < 1.29 is 22.7 Å². The molecule has 0 amide bonds. The van der Waals surface area contributed by atoms with Gasteiger partial charge in [0.15, 0.2) is 0 Å². The highest BCUT2D eigenvalue weighted by atomic mass is 32.2. The van der Waals surface area contributed by atoms with E-state index in [1.54, 1.807) is 6.92 Å². The lowest BCUT2D eigenvalue weighted by Gasteiger charge is -2.21. The molecule has 0 saturated carbocycles. The zero-order chi connectivity index (χ0) is 16.3. The number of nitrogens with zero attached hydrogens (tertiary/aromatic N) is 1. The van der Waals surface area contributed by atoms with Crippen LogP contribution in [0.1, 0.15) is 19.4 Å². The van der Waals surface area contributed by atoms with Gasteiger partial charge in [0.2, 0.25) is 10.0 Å². The van der Waals surface area contributed by atoms with Gasteiger partial charge in [-0.25, -0.2) is 12.7 Å². The van der Waals surface area contributed by atoms with E-state index in [4.69, 9.17) is 4.74 Å². The maximum atomic E-state index is 12.0. The van der Waals surface area contributed by atoms with Crippen molar-refractivity contribution in [3.63, 3.8) is 0 Å². The summed E-state index contributed by atoms with van der Waals surface area (Å²) in [4.78, 5) is 23.3. The third-order valence-corrected chi connectivity index (χ3v) is 5.00. The monoisotopic (exact) mass is 313 g/mol. The van der Waals surface area contributed by atoms with Crippen molar-refractivity contribution >= 4 is 22.3 Å². The smallest absolute Gasteiger partial charge is 0.323 e. The van der Waals surface area contributed by atoms with Crippen LogP contribution in [0.25, 0.3) is 0 Å². The zero-order valence-corrected chi connectivity index (χ0v) is 13.3. The minimum Gasteiger partial charge on any atom is -0.465 e. The molecule has 116 valence electrons. The van der Waals surface area contributed by atoms with Crippen molar-refractivity contribution in [2.75, 3.05) is 20.7 Å². The minimum absolute atomic E-state index is 0.0911. The topological polar surface area (TPSA) is 80.8 Å². The van der Waals surface area contributed by atoms with Crippen molar-refractivity contribution in [2.45, 2.75) is 24.2 Å². The zero-order valence-electron chi connectivity index (χ0n) is 12.5. The Kier molecular flexibility index (Phi) is 5.25. The second-order valence-electron chi connectivity index (χ2n) is 4.85. The van der Waals surface area contributed by atoms with E-state index in [2.05, 4.69) is 0 Å². The Morgan fingerprint density at radius 2 is 1.81 bits per heavy atom. The number of ether oxygens (including phenoxy) is 1. The second kappa shape index (κ2) is 6.36. The first-order chi connectivity index (χ1) is 9.70. The van der Waals surface area contributed by atoms with Gasteiger partial charge in [0, 0.05) is 14.1 Å². The Hall–Kier alpha value is -1.73. The summed E-state index contributed by atoms with van der Waals surface area (Å²) in [6, 6.07) is 5.63. The molecule has 0 N–H and O–H groups in total. The lowest BCUT2D eigenvalue weighted by Crippen LogP contribution is -2.36. The molecule has 0 aliphatic carbocycles. The molecule has 0 spiro atoms. The number of aldehydes is 1. The van der Waals surface area contributed by atoms with Gasteiger partial charge in [0.05, 0.1) is 11.5 Å². The van der Waals surface area contributed by atoms with E-state index >= 15 is 0 Å². The molecule has 0 aromatic heterocycles. The lowest BCUT2D eigenvalue weighted by atomic mass is 9.84. The molecular weight excluding hydrogens is 294 g/mol. The van der Waals surface area contributed by atoms with Gasteiger partial charge in [0.1, 0.15) is 11.7 Å². The summed E-state index contributed by atoms with van der Waals surface area (Å²) in [5.74, 6) is -0.664. The van der Waals surface area contributed by atoms with E-state index < -0.39 is 21.4 Å². The summed E-state index contributed by atoms with van der Waals surface area (Å²) < 4.78 is 29.9. The largest absolute Gasteiger partial charge is 0.465 e. The fourth-order valence-electron chi connectivity index (χ4n) is 1.70. The Balaban J connectivity index is 3.23.